The Morgan fingerprint density at radius 2 is 1.97 bits per heavy atom. The molecular weight excluding hydrogens is 368 g/mol. The number of ether oxygens (including phenoxy) is 1. The van der Waals surface area contributed by atoms with Gasteiger partial charge in [-0.05, 0) is 30.7 Å². The molecule has 0 unspecified atom stereocenters. The molecule has 1 atom stereocenters. The first-order valence-electron chi connectivity index (χ1n) is 9.31. The number of para-hydroxylation sites is 1. The normalized spacial score (nSPS) is 12.2. The van der Waals surface area contributed by atoms with Gasteiger partial charge in [0.15, 0.2) is 5.76 Å². The molecule has 2 aromatic carbocycles. The summed E-state index contributed by atoms with van der Waals surface area (Å²) in [4.78, 5) is 18.9. The molecule has 0 aliphatic rings. The van der Waals surface area contributed by atoms with Gasteiger partial charge < -0.3 is 14.1 Å². The molecule has 0 radical (unpaired) electrons. The number of methoxy groups -OCH3 is 1. The molecule has 4 rings (SSSR count). The van der Waals surface area contributed by atoms with Crippen LogP contribution in [-0.2, 0) is 11.3 Å². The van der Waals surface area contributed by atoms with Gasteiger partial charge in [-0.3, -0.25) is 4.79 Å². The van der Waals surface area contributed by atoms with Gasteiger partial charge in [0.05, 0.1) is 18.3 Å². The predicted molar refractivity (Wildman–Crippen MR) is 109 cm³/mol. The van der Waals surface area contributed by atoms with Crippen LogP contribution in [0.4, 0.5) is 0 Å². The van der Waals surface area contributed by atoms with Crippen molar-refractivity contribution in [2.24, 2.45) is 0 Å². The third-order valence-electron chi connectivity index (χ3n) is 5.14. The van der Waals surface area contributed by atoms with Crippen LogP contribution in [0.15, 0.2) is 65.6 Å². The van der Waals surface area contributed by atoms with Crippen molar-refractivity contribution in [3.8, 4) is 5.69 Å². The number of amides is 1. The van der Waals surface area contributed by atoms with Gasteiger partial charge in [0.2, 0.25) is 0 Å². The van der Waals surface area contributed by atoms with E-state index < -0.39 is 0 Å². The van der Waals surface area contributed by atoms with Crippen molar-refractivity contribution in [3.05, 3.63) is 78.1 Å². The monoisotopic (exact) mass is 390 g/mol. The van der Waals surface area contributed by atoms with Crippen molar-refractivity contribution >= 4 is 16.9 Å². The molecule has 0 saturated carbocycles. The SMILES string of the molecule is COCc1c(C(=O)N(C)[C@@H](C)c2ccc(-n3cncn3)cc2)oc2ccccc12. The van der Waals surface area contributed by atoms with Crippen molar-refractivity contribution in [1.82, 2.24) is 19.7 Å². The fourth-order valence-corrected chi connectivity index (χ4v) is 3.37. The lowest BCUT2D eigenvalue weighted by molar-refractivity contribution is 0.0706. The quantitative estimate of drug-likeness (QED) is 0.498. The van der Waals surface area contributed by atoms with Gasteiger partial charge in [-0.1, -0.05) is 30.3 Å². The van der Waals surface area contributed by atoms with Crippen LogP contribution in [0, 0.1) is 0 Å². The molecule has 2 aromatic heterocycles. The summed E-state index contributed by atoms with van der Waals surface area (Å²) in [5, 5.41) is 5.03. The highest BCUT2D eigenvalue weighted by molar-refractivity contribution is 5.99. The Morgan fingerprint density at radius 3 is 2.66 bits per heavy atom. The summed E-state index contributed by atoms with van der Waals surface area (Å²) >= 11 is 0. The summed E-state index contributed by atoms with van der Waals surface area (Å²) in [5.74, 6) is 0.141. The highest BCUT2D eigenvalue weighted by atomic mass is 16.5. The largest absolute Gasteiger partial charge is 0.451 e. The molecule has 0 N–H and O–H groups in total. The van der Waals surface area contributed by atoms with E-state index in [0.717, 1.165) is 22.2 Å². The average molecular weight is 390 g/mol. The summed E-state index contributed by atoms with van der Waals surface area (Å²) in [6, 6.07) is 15.4. The van der Waals surface area contributed by atoms with E-state index in [4.69, 9.17) is 9.15 Å². The van der Waals surface area contributed by atoms with Gasteiger partial charge in [0.25, 0.3) is 5.91 Å². The van der Waals surface area contributed by atoms with Crippen molar-refractivity contribution < 1.29 is 13.9 Å². The van der Waals surface area contributed by atoms with Crippen LogP contribution < -0.4 is 0 Å². The molecule has 148 valence electrons. The minimum Gasteiger partial charge on any atom is -0.451 e. The second kappa shape index (κ2) is 7.89. The fraction of sp³-hybridized carbons (Fsp3) is 0.227. The molecule has 1 amide bonds. The lowest BCUT2D eigenvalue weighted by Gasteiger charge is -2.25. The number of furan rings is 1. The maximum atomic E-state index is 13.2. The summed E-state index contributed by atoms with van der Waals surface area (Å²) in [7, 11) is 3.39. The molecular formula is C22H22N4O3. The van der Waals surface area contributed by atoms with E-state index in [9.17, 15) is 4.79 Å². The van der Waals surface area contributed by atoms with Crippen LogP contribution in [0.5, 0.6) is 0 Å². The van der Waals surface area contributed by atoms with E-state index in [1.165, 1.54) is 6.33 Å². The topological polar surface area (TPSA) is 73.4 Å². The van der Waals surface area contributed by atoms with Crippen LogP contribution in [0.25, 0.3) is 16.7 Å². The third kappa shape index (κ3) is 3.52. The average Bonchev–Trinajstić information content (AvgIpc) is 3.41. The smallest absolute Gasteiger partial charge is 0.290 e. The number of rotatable bonds is 6. The Hall–Kier alpha value is -3.45. The summed E-state index contributed by atoms with van der Waals surface area (Å²) in [6.45, 7) is 2.30. The maximum Gasteiger partial charge on any atom is 0.290 e. The van der Waals surface area contributed by atoms with E-state index in [1.54, 1.807) is 30.1 Å². The molecule has 0 spiro atoms. The standard InChI is InChI=1S/C22H22N4O3/c1-15(16-8-10-17(11-9-16)26-14-23-13-24-26)25(2)22(27)21-19(12-28-3)18-6-4-5-7-20(18)29-21/h4-11,13-15H,12H2,1-3H3/t15-/m0/s1. The number of hydrogen-bond acceptors (Lipinski definition) is 5. The number of benzene rings is 2. The van der Waals surface area contributed by atoms with Gasteiger partial charge >= 0.3 is 0 Å². The van der Waals surface area contributed by atoms with E-state index >= 15 is 0 Å². The van der Waals surface area contributed by atoms with Crippen LogP contribution in [0.3, 0.4) is 0 Å². The zero-order valence-electron chi connectivity index (χ0n) is 16.6. The number of carbonyl (C=O) groups excluding carboxylic acids is 1. The fourth-order valence-electron chi connectivity index (χ4n) is 3.37. The van der Waals surface area contributed by atoms with E-state index in [0.29, 0.717) is 18.0 Å². The molecule has 2 heterocycles. The lowest BCUT2D eigenvalue weighted by atomic mass is 10.1. The Morgan fingerprint density at radius 1 is 1.21 bits per heavy atom. The lowest BCUT2D eigenvalue weighted by Crippen LogP contribution is -2.30. The highest BCUT2D eigenvalue weighted by Crippen LogP contribution is 2.29. The molecule has 0 aliphatic carbocycles. The number of nitrogens with zero attached hydrogens (tertiary/aromatic N) is 4. The van der Waals surface area contributed by atoms with Gasteiger partial charge in [-0.2, -0.15) is 5.10 Å². The molecule has 7 nitrogen and oxygen atoms in total. The van der Waals surface area contributed by atoms with E-state index in [2.05, 4.69) is 10.1 Å². The van der Waals surface area contributed by atoms with Crippen molar-refractivity contribution in [2.45, 2.75) is 19.6 Å². The Balaban J connectivity index is 1.60. The summed E-state index contributed by atoms with van der Waals surface area (Å²) in [5.41, 5.74) is 3.37. The highest BCUT2D eigenvalue weighted by Gasteiger charge is 2.26. The zero-order chi connectivity index (χ0) is 20.4. The summed E-state index contributed by atoms with van der Waals surface area (Å²) in [6.07, 6.45) is 3.14. The molecule has 0 fully saturated rings. The molecule has 7 heteroatoms. The van der Waals surface area contributed by atoms with Gasteiger partial charge in [-0.25, -0.2) is 9.67 Å². The van der Waals surface area contributed by atoms with Crippen molar-refractivity contribution in [1.29, 1.82) is 0 Å². The first-order chi connectivity index (χ1) is 14.1. The van der Waals surface area contributed by atoms with Crippen molar-refractivity contribution in [2.75, 3.05) is 14.2 Å². The maximum absolute atomic E-state index is 13.2. The van der Waals surface area contributed by atoms with Crippen LogP contribution in [0.2, 0.25) is 0 Å². The number of aromatic nitrogens is 3. The second-order valence-corrected chi connectivity index (χ2v) is 6.86. The van der Waals surface area contributed by atoms with E-state index in [1.807, 2.05) is 55.5 Å². The second-order valence-electron chi connectivity index (χ2n) is 6.86. The van der Waals surface area contributed by atoms with Gasteiger partial charge in [0.1, 0.15) is 18.2 Å². The van der Waals surface area contributed by atoms with Crippen molar-refractivity contribution in [3.63, 3.8) is 0 Å². The number of hydrogen-bond donors (Lipinski definition) is 0. The minimum atomic E-state index is -0.180. The van der Waals surface area contributed by atoms with Crippen LogP contribution >= 0.6 is 0 Å². The Bertz CT molecular complexity index is 1120. The molecule has 0 saturated heterocycles. The first-order valence-corrected chi connectivity index (χ1v) is 9.31. The third-order valence-corrected chi connectivity index (χ3v) is 5.14. The van der Waals surface area contributed by atoms with E-state index in [-0.39, 0.29) is 11.9 Å². The molecule has 0 bridgehead atoms. The van der Waals surface area contributed by atoms with Crippen LogP contribution in [0.1, 0.15) is 34.6 Å². The van der Waals surface area contributed by atoms with Gasteiger partial charge in [0, 0.05) is 25.1 Å². The first kappa shape index (κ1) is 18.9. The predicted octanol–water partition coefficient (Wildman–Crippen LogP) is 3.99. The molecule has 0 aliphatic heterocycles. The van der Waals surface area contributed by atoms with Gasteiger partial charge in [-0.15, -0.1) is 0 Å². The number of carbonyl (C=O) groups is 1. The Labute approximate surface area is 168 Å². The Kier molecular flexibility index (Phi) is 5.14. The summed E-state index contributed by atoms with van der Waals surface area (Å²) < 4.78 is 12.9. The van der Waals surface area contributed by atoms with Crippen LogP contribution in [-0.4, -0.2) is 39.7 Å². The zero-order valence-corrected chi connectivity index (χ0v) is 16.6. The number of fused-ring (bicyclic) bond motifs is 1. The minimum absolute atomic E-state index is 0.143. The molecule has 29 heavy (non-hydrogen) atoms. The molecule has 4 aromatic rings.